The molecule has 4 amide bonds. The van der Waals surface area contributed by atoms with E-state index in [9.17, 15) is 9.59 Å². The van der Waals surface area contributed by atoms with Crippen LogP contribution in [-0.2, 0) is 0 Å². The Morgan fingerprint density at radius 3 is 2.05 bits per heavy atom. The maximum absolute atomic E-state index is 12.6. The highest BCUT2D eigenvalue weighted by molar-refractivity contribution is 6.04. The van der Waals surface area contributed by atoms with Crippen LogP contribution in [0.5, 0.6) is 0 Å². The minimum atomic E-state index is -0.446. The van der Waals surface area contributed by atoms with Gasteiger partial charge in [-0.1, -0.05) is 18.2 Å². The maximum Gasteiger partial charge on any atom is 0.362 e. The van der Waals surface area contributed by atoms with Gasteiger partial charge in [0.05, 0.1) is 25.4 Å². The van der Waals surface area contributed by atoms with Crippen molar-refractivity contribution in [2.45, 2.75) is 13.8 Å². The van der Waals surface area contributed by atoms with Gasteiger partial charge in [-0.05, 0) is 67.9 Å². The number of amides is 4. The fourth-order valence-corrected chi connectivity index (χ4v) is 3.58. The van der Waals surface area contributed by atoms with Crippen molar-refractivity contribution in [3.8, 4) is 0 Å². The van der Waals surface area contributed by atoms with E-state index >= 15 is 0 Å². The summed E-state index contributed by atoms with van der Waals surface area (Å²) in [6.45, 7) is 3.64. The molecule has 3 aromatic carbocycles. The second-order valence-electron chi connectivity index (χ2n) is 8.49. The number of hydrazone groups is 1. The molecule has 0 bridgehead atoms. The molecule has 0 saturated heterocycles. The van der Waals surface area contributed by atoms with Crippen LogP contribution in [0.2, 0.25) is 0 Å². The highest BCUT2D eigenvalue weighted by Gasteiger charge is 2.10. The SMILES string of the molecule is CNC(=[NH+]C)c1ccc(NC(=O)Nc2cc(NC(=O)Nc3cccc(/C(C)=N/[NH+]=C(N)N)c3)ccc2C)cc1. The molecule has 12 nitrogen and oxygen atoms in total. The van der Waals surface area contributed by atoms with Crippen LogP contribution in [0.25, 0.3) is 0 Å². The van der Waals surface area contributed by atoms with Gasteiger partial charge in [0.25, 0.3) is 5.84 Å². The Hall–Kier alpha value is -5.39. The van der Waals surface area contributed by atoms with Crippen molar-refractivity contribution in [1.29, 1.82) is 0 Å². The van der Waals surface area contributed by atoms with Gasteiger partial charge in [-0.2, -0.15) is 5.10 Å². The molecule has 0 aromatic heterocycles. The Morgan fingerprint density at radius 1 is 0.795 bits per heavy atom. The Morgan fingerprint density at radius 2 is 1.41 bits per heavy atom. The largest absolute Gasteiger partial charge is 0.362 e. The molecule has 0 spiro atoms. The lowest BCUT2D eigenvalue weighted by Gasteiger charge is -2.13. The van der Waals surface area contributed by atoms with Gasteiger partial charge < -0.3 is 21.3 Å². The topological polar surface area (TPSA) is 187 Å². The summed E-state index contributed by atoms with van der Waals surface area (Å²) in [7, 11) is 3.66. The number of urea groups is 2. The van der Waals surface area contributed by atoms with Gasteiger partial charge in [-0.15, -0.1) is 5.10 Å². The first kappa shape index (κ1) is 28.2. The number of aryl methyl sites for hydroxylation is 1. The molecule has 0 saturated carbocycles. The quantitative estimate of drug-likeness (QED) is 0.118. The third-order valence-corrected chi connectivity index (χ3v) is 5.57. The summed E-state index contributed by atoms with van der Waals surface area (Å²) < 4.78 is 0. The second-order valence-corrected chi connectivity index (χ2v) is 8.49. The summed E-state index contributed by atoms with van der Waals surface area (Å²) in [6, 6.07) is 18.9. The van der Waals surface area contributed by atoms with Crippen LogP contribution in [0.4, 0.5) is 32.3 Å². The molecule has 0 heterocycles. The summed E-state index contributed by atoms with van der Waals surface area (Å²) >= 11 is 0. The van der Waals surface area contributed by atoms with Crippen molar-refractivity contribution in [3.63, 3.8) is 0 Å². The minimum Gasteiger partial charge on any atom is -0.308 e. The Labute approximate surface area is 226 Å². The number of hydrogen-bond acceptors (Lipinski definition) is 3. The number of hydrogen-bond donors (Lipinski definition) is 9. The van der Waals surface area contributed by atoms with Crippen LogP contribution < -0.4 is 48.1 Å². The van der Waals surface area contributed by atoms with Gasteiger partial charge in [0.15, 0.2) is 0 Å². The van der Waals surface area contributed by atoms with E-state index < -0.39 is 12.1 Å². The number of benzene rings is 3. The van der Waals surface area contributed by atoms with Crippen molar-refractivity contribution < 1.29 is 19.7 Å². The predicted octanol–water partition coefficient (Wildman–Crippen LogP) is 0.0374. The fourth-order valence-electron chi connectivity index (χ4n) is 3.58. The van der Waals surface area contributed by atoms with Crippen LogP contribution >= 0.6 is 0 Å². The molecule has 0 unspecified atom stereocenters. The molecule has 0 aliphatic carbocycles. The zero-order valence-electron chi connectivity index (χ0n) is 22.3. The van der Waals surface area contributed by atoms with Crippen molar-refractivity contribution in [3.05, 3.63) is 83.4 Å². The molecule has 0 aliphatic heterocycles. The molecule has 12 heteroatoms. The first-order valence-corrected chi connectivity index (χ1v) is 12.1. The smallest absolute Gasteiger partial charge is 0.308 e. The highest BCUT2D eigenvalue weighted by Crippen LogP contribution is 2.21. The van der Waals surface area contributed by atoms with E-state index in [-0.39, 0.29) is 5.96 Å². The average Bonchev–Trinajstić information content (AvgIpc) is 2.91. The highest BCUT2D eigenvalue weighted by atomic mass is 16.2. The van der Waals surface area contributed by atoms with E-state index in [4.69, 9.17) is 11.5 Å². The molecule has 3 rings (SSSR count). The predicted molar refractivity (Wildman–Crippen MR) is 156 cm³/mol. The number of rotatable bonds is 7. The number of nitrogens with two attached hydrogens (primary N) is 2. The number of anilines is 4. The molecular formula is C27H34N10O2+2. The summed E-state index contributed by atoms with van der Waals surface area (Å²) in [4.78, 5) is 28.3. The number of guanidine groups is 1. The molecule has 0 atom stereocenters. The van der Waals surface area contributed by atoms with Gasteiger partial charge in [0.1, 0.15) is 0 Å². The lowest BCUT2D eigenvalue weighted by molar-refractivity contribution is -0.464. The van der Waals surface area contributed by atoms with Gasteiger partial charge in [-0.25, -0.2) is 9.59 Å². The van der Waals surface area contributed by atoms with Crippen molar-refractivity contribution in [1.82, 2.24) is 5.32 Å². The number of carbonyl (C=O) groups excluding carboxylic acids is 2. The summed E-state index contributed by atoms with van der Waals surface area (Å²) in [6.07, 6.45) is 0. The molecule has 202 valence electrons. The molecule has 0 aliphatic rings. The third-order valence-electron chi connectivity index (χ3n) is 5.57. The van der Waals surface area contributed by atoms with E-state index in [0.717, 1.165) is 22.5 Å². The zero-order valence-corrected chi connectivity index (χ0v) is 22.3. The summed E-state index contributed by atoms with van der Waals surface area (Å²) in [5.74, 6) is 0.851. The minimum absolute atomic E-state index is 0.0201. The van der Waals surface area contributed by atoms with Crippen LogP contribution in [0.3, 0.4) is 0 Å². The second kappa shape index (κ2) is 13.2. The molecule has 11 N–H and O–H groups in total. The molecule has 0 fully saturated rings. The van der Waals surface area contributed by atoms with E-state index in [2.05, 4.69) is 41.8 Å². The van der Waals surface area contributed by atoms with Crippen molar-refractivity contribution >= 4 is 52.3 Å². The first-order chi connectivity index (χ1) is 18.7. The molecule has 3 aromatic rings. The third kappa shape index (κ3) is 8.32. The number of nitrogens with zero attached hydrogens (tertiary/aromatic N) is 1. The van der Waals surface area contributed by atoms with Crippen LogP contribution in [0.15, 0.2) is 71.8 Å². The standard InChI is InChI=1S/C27H32N10O2/c1-16-8-11-22(34-26(38)33-21-7-5-6-19(14-21)17(2)36-37-25(28)29)15-23(16)35-27(39)32-20-12-9-18(10-13-20)24(30-3)31-4/h5-15H,1-4H3,(H,30,31)(H4,28,29,37)(H2,32,35,39)(H2,33,34,38)/p+2/b36-17+. The fraction of sp³-hybridized carbons (Fsp3) is 0.148. The Balaban J connectivity index is 1.63. The van der Waals surface area contributed by atoms with E-state index in [1.165, 1.54) is 0 Å². The molecule has 0 radical (unpaired) electrons. The number of nitrogens with one attached hydrogen (secondary N) is 7. The lowest BCUT2D eigenvalue weighted by Crippen LogP contribution is -2.72. The van der Waals surface area contributed by atoms with Crippen molar-refractivity contribution in [2.24, 2.45) is 16.6 Å². The van der Waals surface area contributed by atoms with Crippen molar-refractivity contribution in [2.75, 3.05) is 35.4 Å². The monoisotopic (exact) mass is 530 g/mol. The van der Waals surface area contributed by atoms with E-state index in [1.54, 1.807) is 43.3 Å². The Kier molecular flexibility index (Phi) is 9.57. The van der Waals surface area contributed by atoms with Gasteiger partial charge in [0, 0.05) is 28.3 Å². The van der Waals surface area contributed by atoms with E-state index in [1.807, 2.05) is 51.4 Å². The van der Waals surface area contributed by atoms with Crippen LogP contribution in [0.1, 0.15) is 23.6 Å². The van der Waals surface area contributed by atoms with Crippen LogP contribution in [-0.4, -0.2) is 43.7 Å². The summed E-state index contributed by atoms with van der Waals surface area (Å²) in [5, 5.41) is 20.9. The Bertz CT molecular complexity index is 1420. The van der Waals surface area contributed by atoms with Gasteiger partial charge in [-0.3, -0.25) is 21.8 Å². The number of carbonyl (C=O) groups is 2. The zero-order chi connectivity index (χ0) is 28.4. The van der Waals surface area contributed by atoms with Gasteiger partial charge >= 0.3 is 18.0 Å². The number of amidine groups is 1. The van der Waals surface area contributed by atoms with E-state index in [0.29, 0.717) is 28.5 Å². The average molecular weight is 531 g/mol. The molecule has 39 heavy (non-hydrogen) atoms. The summed E-state index contributed by atoms with van der Waals surface area (Å²) in [5.41, 5.74) is 16.2. The van der Waals surface area contributed by atoms with Crippen LogP contribution in [0, 0.1) is 6.92 Å². The first-order valence-electron chi connectivity index (χ1n) is 12.1. The normalized spacial score (nSPS) is 11.3. The maximum atomic E-state index is 12.6. The lowest BCUT2D eigenvalue weighted by atomic mass is 10.1. The molecular weight excluding hydrogens is 496 g/mol. The van der Waals surface area contributed by atoms with Gasteiger partial charge in [0.2, 0.25) is 0 Å².